The second kappa shape index (κ2) is 5.10. The smallest absolute Gasteiger partial charge is 0.145 e. The maximum Gasteiger partial charge on any atom is 0.145 e. The zero-order chi connectivity index (χ0) is 12.4. The number of rotatable bonds is 3. The first kappa shape index (κ1) is 12.5. The number of furan rings is 1. The van der Waals surface area contributed by atoms with Crippen LogP contribution in [0.15, 0.2) is 33.3 Å². The molecule has 0 aliphatic heterocycles. The number of aryl methyl sites for hydroxylation is 1. The molecule has 17 heavy (non-hydrogen) atoms. The first-order chi connectivity index (χ1) is 8.06. The van der Waals surface area contributed by atoms with E-state index in [1.807, 2.05) is 26.0 Å². The van der Waals surface area contributed by atoms with Gasteiger partial charge in [0.05, 0.1) is 11.1 Å². The summed E-state index contributed by atoms with van der Waals surface area (Å²) in [6, 6.07) is 5.70. The lowest BCUT2D eigenvalue weighted by Crippen LogP contribution is -2.07. The van der Waals surface area contributed by atoms with Gasteiger partial charge in [0.15, 0.2) is 0 Å². The highest BCUT2D eigenvalue weighted by Crippen LogP contribution is 2.27. The monoisotopic (exact) mass is 314 g/mol. The van der Waals surface area contributed by atoms with Crippen molar-refractivity contribution in [3.05, 3.63) is 45.4 Å². The summed E-state index contributed by atoms with van der Waals surface area (Å²) < 4.78 is 6.39. The molecule has 1 atom stereocenters. The fourth-order valence-electron chi connectivity index (χ4n) is 1.48. The van der Waals surface area contributed by atoms with Gasteiger partial charge >= 0.3 is 0 Å². The summed E-state index contributed by atoms with van der Waals surface area (Å²) >= 11 is 9.40. The van der Waals surface area contributed by atoms with Crippen LogP contribution in [-0.4, -0.2) is 4.98 Å². The van der Waals surface area contributed by atoms with Gasteiger partial charge < -0.3 is 9.73 Å². The van der Waals surface area contributed by atoms with E-state index in [4.69, 9.17) is 16.0 Å². The van der Waals surface area contributed by atoms with Gasteiger partial charge in [-0.1, -0.05) is 11.6 Å². The van der Waals surface area contributed by atoms with Crippen LogP contribution in [0.3, 0.4) is 0 Å². The molecule has 5 heteroatoms. The molecule has 0 radical (unpaired) electrons. The van der Waals surface area contributed by atoms with Gasteiger partial charge in [-0.3, -0.25) is 0 Å². The van der Waals surface area contributed by atoms with Crippen LogP contribution >= 0.6 is 27.5 Å². The number of aromatic nitrogens is 1. The number of nitrogens with one attached hydrogen (secondary N) is 1. The van der Waals surface area contributed by atoms with E-state index in [0.29, 0.717) is 10.8 Å². The van der Waals surface area contributed by atoms with Crippen molar-refractivity contribution >= 4 is 33.3 Å². The number of anilines is 1. The fraction of sp³-hybridized carbons (Fsp3) is 0.250. The molecule has 3 nitrogen and oxygen atoms in total. The first-order valence-corrected chi connectivity index (χ1v) is 6.37. The van der Waals surface area contributed by atoms with Crippen LogP contribution < -0.4 is 5.32 Å². The Morgan fingerprint density at radius 3 is 2.82 bits per heavy atom. The lowest BCUT2D eigenvalue weighted by atomic mass is 10.2. The van der Waals surface area contributed by atoms with E-state index < -0.39 is 0 Å². The Morgan fingerprint density at radius 2 is 2.24 bits per heavy atom. The Labute approximate surface area is 113 Å². The summed E-state index contributed by atoms with van der Waals surface area (Å²) in [5.74, 6) is 2.41. The fourth-order valence-corrected chi connectivity index (χ4v) is 2.17. The maximum absolute atomic E-state index is 6.08. The number of nitrogens with zero attached hydrogens (tertiary/aromatic N) is 1. The van der Waals surface area contributed by atoms with Gasteiger partial charge in [-0.15, -0.1) is 0 Å². The molecule has 0 fully saturated rings. The van der Waals surface area contributed by atoms with Crippen molar-refractivity contribution in [2.75, 3.05) is 5.32 Å². The molecular weight excluding hydrogens is 304 g/mol. The Morgan fingerprint density at radius 1 is 1.47 bits per heavy atom. The van der Waals surface area contributed by atoms with Gasteiger partial charge in [0.25, 0.3) is 0 Å². The Hall–Kier alpha value is -1.00. The van der Waals surface area contributed by atoms with Gasteiger partial charge in [0, 0.05) is 10.7 Å². The summed E-state index contributed by atoms with van der Waals surface area (Å²) in [6.45, 7) is 3.92. The molecule has 0 aliphatic rings. The highest BCUT2D eigenvalue weighted by Gasteiger charge is 2.11. The highest BCUT2D eigenvalue weighted by molar-refractivity contribution is 9.10. The molecule has 0 saturated carbocycles. The second-order valence-electron chi connectivity index (χ2n) is 3.80. The lowest BCUT2D eigenvalue weighted by Gasteiger charge is -2.13. The minimum absolute atomic E-state index is 0.0230. The van der Waals surface area contributed by atoms with Crippen LogP contribution in [0, 0.1) is 6.92 Å². The predicted octanol–water partition coefficient (Wildman–Crippen LogP) is 4.57. The summed E-state index contributed by atoms with van der Waals surface area (Å²) in [5, 5.41) is 3.79. The van der Waals surface area contributed by atoms with Crippen LogP contribution in [0.2, 0.25) is 5.02 Å². The van der Waals surface area contributed by atoms with Gasteiger partial charge in [-0.25, -0.2) is 4.98 Å². The van der Waals surface area contributed by atoms with E-state index >= 15 is 0 Å². The largest absolute Gasteiger partial charge is 0.464 e. The van der Waals surface area contributed by atoms with E-state index in [2.05, 4.69) is 26.2 Å². The van der Waals surface area contributed by atoms with Crippen molar-refractivity contribution in [3.8, 4) is 0 Å². The first-order valence-electron chi connectivity index (χ1n) is 5.20. The third kappa shape index (κ3) is 3.01. The van der Waals surface area contributed by atoms with Crippen molar-refractivity contribution in [2.24, 2.45) is 0 Å². The third-order valence-electron chi connectivity index (χ3n) is 2.35. The molecule has 90 valence electrons. The van der Waals surface area contributed by atoms with Crippen LogP contribution in [0.5, 0.6) is 0 Å². The van der Waals surface area contributed by atoms with Crippen molar-refractivity contribution in [1.82, 2.24) is 4.98 Å². The molecule has 2 aromatic rings. The van der Waals surface area contributed by atoms with Crippen LogP contribution in [-0.2, 0) is 0 Å². The molecule has 0 aliphatic carbocycles. The Balaban J connectivity index is 2.15. The summed E-state index contributed by atoms with van der Waals surface area (Å²) in [5.41, 5.74) is 0. The quantitative estimate of drug-likeness (QED) is 0.901. The average molecular weight is 316 g/mol. The molecule has 1 unspecified atom stereocenters. The summed E-state index contributed by atoms with van der Waals surface area (Å²) in [7, 11) is 0. The molecule has 0 saturated heterocycles. The third-order valence-corrected chi connectivity index (χ3v) is 3.07. The van der Waals surface area contributed by atoms with E-state index in [9.17, 15) is 0 Å². The molecule has 1 N–H and O–H groups in total. The standard InChI is InChI=1S/C12H12BrClN2O/c1-7-3-4-11(17-7)8(2)16-12-10(14)5-9(13)6-15-12/h3-6,8H,1-2H3,(H,15,16). The topological polar surface area (TPSA) is 38.1 Å². The van der Waals surface area contributed by atoms with Crippen LogP contribution in [0.25, 0.3) is 0 Å². The number of hydrogen-bond acceptors (Lipinski definition) is 3. The predicted molar refractivity (Wildman–Crippen MR) is 72.4 cm³/mol. The van der Waals surface area contributed by atoms with Crippen molar-refractivity contribution in [1.29, 1.82) is 0 Å². The van der Waals surface area contributed by atoms with Gasteiger partial charge in [0.1, 0.15) is 17.3 Å². The molecule has 2 heterocycles. The SMILES string of the molecule is Cc1ccc(C(C)Nc2ncc(Br)cc2Cl)o1. The zero-order valence-electron chi connectivity index (χ0n) is 9.50. The van der Waals surface area contributed by atoms with Gasteiger partial charge in [-0.05, 0) is 48.0 Å². The average Bonchev–Trinajstić information content (AvgIpc) is 2.69. The van der Waals surface area contributed by atoms with Gasteiger partial charge in [-0.2, -0.15) is 0 Å². The van der Waals surface area contributed by atoms with Crippen LogP contribution in [0.4, 0.5) is 5.82 Å². The molecule has 0 spiro atoms. The highest BCUT2D eigenvalue weighted by atomic mass is 79.9. The van der Waals surface area contributed by atoms with E-state index in [-0.39, 0.29) is 6.04 Å². The summed E-state index contributed by atoms with van der Waals surface area (Å²) in [4.78, 5) is 4.22. The number of halogens is 2. The van der Waals surface area contributed by atoms with Crippen molar-refractivity contribution in [3.63, 3.8) is 0 Å². The Kier molecular flexibility index (Phi) is 3.74. The van der Waals surface area contributed by atoms with E-state index in [1.165, 1.54) is 0 Å². The molecule has 2 rings (SSSR count). The van der Waals surface area contributed by atoms with Crippen molar-refractivity contribution < 1.29 is 4.42 Å². The minimum atomic E-state index is 0.0230. The molecule has 0 aromatic carbocycles. The normalized spacial score (nSPS) is 12.5. The lowest BCUT2D eigenvalue weighted by molar-refractivity contribution is 0.466. The maximum atomic E-state index is 6.08. The molecule has 0 bridgehead atoms. The molecular formula is C12H12BrClN2O. The van der Waals surface area contributed by atoms with E-state index in [1.54, 1.807) is 12.3 Å². The molecule has 0 amide bonds. The van der Waals surface area contributed by atoms with Gasteiger partial charge in [0.2, 0.25) is 0 Å². The van der Waals surface area contributed by atoms with Crippen molar-refractivity contribution in [2.45, 2.75) is 19.9 Å². The zero-order valence-corrected chi connectivity index (χ0v) is 11.8. The number of pyridine rings is 1. The Bertz CT molecular complexity index is 527. The van der Waals surface area contributed by atoms with Crippen LogP contribution in [0.1, 0.15) is 24.5 Å². The second-order valence-corrected chi connectivity index (χ2v) is 5.12. The summed E-state index contributed by atoms with van der Waals surface area (Å²) in [6.07, 6.45) is 1.70. The number of hydrogen-bond donors (Lipinski definition) is 1. The molecule has 2 aromatic heterocycles. The minimum Gasteiger partial charge on any atom is -0.464 e. The van der Waals surface area contributed by atoms with E-state index in [0.717, 1.165) is 16.0 Å².